The van der Waals surface area contributed by atoms with E-state index in [1.165, 1.54) is 38.5 Å². The molecule has 0 aliphatic rings. The van der Waals surface area contributed by atoms with E-state index in [0.717, 1.165) is 0 Å². The highest BCUT2D eigenvalue weighted by molar-refractivity contribution is 6.14. The summed E-state index contributed by atoms with van der Waals surface area (Å²) in [5, 5.41) is 2.67. The van der Waals surface area contributed by atoms with Gasteiger partial charge in [-0.15, -0.1) is 0 Å². The van der Waals surface area contributed by atoms with E-state index in [1.807, 2.05) is 0 Å². The van der Waals surface area contributed by atoms with Gasteiger partial charge in [0, 0.05) is 28.9 Å². The molecule has 0 radical (unpaired) electrons. The van der Waals surface area contributed by atoms with E-state index in [-0.39, 0.29) is 0 Å². The molecule has 4 rings (SSSR count). The molecule has 1 aromatic heterocycles. The van der Waals surface area contributed by atoms with Crippen LogP contribution in [0, 0.1) is 6.92 Å². The molecule has 0 bridgehead atoms. The van der Waals surface area contributed by atoms with Gasteiger partial charge in [0.05, 0.1) is 0 Å². The predicted molar refractivity (Wildman–Crippen MR) is 90.6 cm³/mol. The lowest BCUT2D eigenvalue weighted by atomic mass is 9.99. The zero-order valence-corrected chi connectivity index (χ0v) is 12.3. The molecule has 21 heavy (non-hydrogen) atoms. The minimum Gasteiger partial charge on any atom is -0.344 e. The van der Waals surface area contributed by atoms with E-state index in [1.54, 1.807) is 0 Å². The molecule has 0 N–H and O–H groups in total. The van der Waals surface area contributed by atoms with Crippen LogP contribution in [-0.4, -0.2) is 4.57 Å². The number of nitrogens with zero attached hydrogens (tertiary/aromatic N) is 1. The zero-order valence-electron chi connectivity index (χ0n) is 12.3. The van der Waals surface area contributed by atoms with Gasteiger partial charge in [-0.05, 0) is 30.2 Å². The summed E-state index contributed by atoms with van der Waals surface area (Å²) in [6, 6.07) is 24.0. The third-order valence-electron chi connectivity index (χ3n) is 4.30. The first kappa shape index (κ1) is 12.2. The lowest BCUT2D eigenvalue weighted by Crippen LogP contribution is -1.86. The van der Waals surface area contributed by atoms with E-state index in [2.05, 4.69) is 85.3 Å². The molecular formula is C20H17N. The third kappa shape index (κ3) is 1.78. The summed E-state index contributed by atoms with van der Waals surface area (Å²) in [6.07, 6.45) is 0. The molecule has 0 unspecified atom stereocenters. The Bertz CT molecular complexity index is 943. The number of hydrogen-bond acceptors (Lipinski definition) is 0. The van der Waals surface area contributed by atoms with Gasteiger partial charge in [0.15, 0.2) is 0 Å². The van der Waals surface area contributed by atoms with Gasteiger partial charge in [-0.1, -0.05) is 60.2 Å². The molecule has 0 fully saturated rings. The Kier molecular flexibility index (Phi) is 2.61. The molecule has 0 amide bonds. The lowest BCUT2D eigenvalue weighted by Gasteiger charge is -2.05. The number of fused-ring (bicyclic) bond motifs is 3. The number of aryl methyl sites for hydroxylation is 2. The number of hydrogen-bond donors (Lipinski definition) is 0. The topological polar surface area (TPSA) is 4.93 Å². The maximum atomic E-state index is 2.28. The van der Waals surface area contributed by atoms with E-state index in [9.17, 15) is 0 Å². The number of rotatable bonds is 1. The smallest absolute Gasteiger partial charge is 0.0495 e. The van der Waals surface area contributed by atoms with E-state index < -0.39 is 0 Å². The summed E-state index contributed by atoms with van der Waals surface area (Å²) in [4.78, 5) is 0. The monoisotopic (exact) mass is 271 g/mol. The SMILES string of the molecule is Cc1ccc(-c2cccc3c2c2ccccc2n3C)cc1. The van der Waals surface area contributed by atoms with Gasteiger partial charge in [0.2, 0.25) is 0 Å². The van der Waals surface area contributed by atoms with E-state index in [0.29, 0.717) is 0 Å². The molecule has 0 atom stereocenters. The van der Waals surface area contributed by atoms with Crippen molar-refractivity contribution >= 4 is 21.8 Å². The van der Waals surface area contributed by atoms with Crippen molar-refractivity contribution in [3.8, 4) is 11.1 Å². The van der Waals surface area contributed by atoms with Crippen molar-refractivity contribution in [3.63, 3.8) is 0 Å². The van der Waals surface area contributed by atoms with Gasteiger partial charge in [-0.2, -0.15) is 0 Å². The second-order valence-corrected chi connectivity index (χ2v) is 5.64. The zero-order chi connectivity index (χ0) is 14.4. The van der Waals surface area contributed by atoms with Crippen molar-refractivity contribution in [2.75, 3.05) is 0 Å². The highest BCUT2D eigenvalue weighted by Gasteiger charge is 2.12. The van der Waals surface area contributed by atoms with Gasteiger partial charge in [-0.25, -0.2) is 0 Å². The Morgan fingerprint density at radius 3 is 2.24 bits per heavy atom. The Morgan fingerprint density at radius 2 is 1.43 bits per heavy atom. The highest BCUT2D eigenvalue weighted by Crippen LogP contribution is 2.35. The maximum absolute atomic E-state index is 2.28. The van der Waals surface area contributed by atoms with Crippen LogP contribution in [0.15, 0.2) is 66.7 Å². The van der Waals surface area contributed by atoms with Gasteiger partial charge >= 0.3 is 0 Å². The van der Waals surface area contributed by atoms with Crippen molar-refractivity contribution < 1.29 is 0 Å². The molecule has 0 spiro atoms. The average molecular weight is 271 g/mol. The van der Waals surface area contributed by atoms with E-state index >= 15 is 0 Å². The van der Waals surface area contributed by atoms with Crippen molar-refractivity contribution in [2.24, 2.45) is 7.05 Å². The summed E-state index contributed by atoms with van der Waals surface area (Å²) in [7, 11) is 2.14. The Labute approximate surface area is 124 Å². The Morgan fingerprint density at radius 1 is 0.714 bits per heavy atom. The van der Waals surface area contributed by atoms with Gasteiger partial charge < -0.3 is 4.57 Å². The van der Waals surface area contributed by atoms with E-state index in [4.69, 9.17) is 0 Å². The first-order valence-corrected chi connectivity index (χ1v) is 7.29. The molecule has 0 saturated carbocycles. The first-order valence-electron chi connectivity index (χ1n) is 7.29. The summed E-state index contributed by atoms with van der Waals surface area (Å²) < 4.78 is 2.28. The molecule has 102 valence electrons. The number of aromatic nitrogens is 1. The molecular weight excluding hydrogens is 254 g/mol. The Hall–Kier alpha value is -2.54. The normalized spacial score (nSPS) is 11.3. The third-order valence-corrected chi connectivity index (χ3v) is 4.30. The van der Waals surface area contributed by atoms with Crippen LogP contribution in [0.25, 0.3) is 32.9 Å². The fourth-order valence-electron chi connectivity index (χ4n) is 3.18. The van der Waals surface area contributed by atoms with Crippen LogP contribution < -0.4 is 0 Å². The van der Waals surface area contributed by atoms with Gasteiger partial charge in [0.25, 0.3) is 0 Å². The molecule has 0 aliphatic carbocycles. The molecule has 0 saturated heterocycles. The van der Waals surface area contributed by atoms with Crippen molar-refractivity contribution in [1.29, 1.82) is 0 Å². The molecule has 0 aliphatic heterocycles. The average Bonchev–Trinajstić information content (AvgIpc) is 2.82. The van der Waals surface area contributed by atoms with Crippen LogP contribution in [0.2, 0.25) is 0 Å². The quantitative estimate of drug-likeness (QED) is 0.442. The largest absolute Gasteiger partial charge is 0.344 e. The molecule has 1 nitrogen and oxygen atoms in total. The van der Waals surface area contributed by atoms with Crippen LogP contribution in [-0.2, 0) is 7.05 Å². The molecule has 4 aromatic rings. The van der Waals surface area contributed by atoms with Crippen LogP contribution in [0.3, 0.4) is 0 Å². The molecule has 3 aromatic carbocycles. The van der Waals surface area contributed by atoms with Gasteiger partial charge in [-0.3, -0.25) is 0 Å². The van der Waals surface area contributed by atoms with Crippen molar-refractivity contribution in [1.82, 2.24) is 4.57 Å². The fourth-order valence-corrected chi connectivity index (χ4v) is 3.18. The van der Waals surface area contributed by atoms with Crippen LogP contribution in [0.1, 0.15) is 5.56 Å². The minimum atomic E-state index is 1.28. The predicted octanol–water partition coefficient (Wildman–Crippen LogP) is 5.31. The number of benzene rings is 3. The van der Waals surface area contributed by atoms with Crippen LogP contribution >= 0.6 is 0 Å². The standard InChI is InChI=1S/C20H17N/c1-14-10-12-15(13-11-14)16-7-5-9-19-20(16)17-6-3-4-8-18(17)21(19)2/h3-13H,1-2H3. The summed E-state index contributed by atoms with van der Waals surface area (Å²) in [5.74, 6) is 0. The van der Waals surface area contributed by atoms with Crippen LogP contribution in [0.4, 0.5) is 0 Å². The van der Waals surface area contributed by atoms with Crippen LogP contribution in [0.5, 0.6) is 0 Å². The second kappa shape index (κ2) is 4.49. The van der Waals surface area contributed by atoms with Crippen molar-refractivity contribution in [3.05, 3.63) is 72.3 Å². The van der Waals surface area contributed by atoms with Gasteiger partial charge in [0.1, 0.15) is 0 Å². The minimum absolute atomic E-state index is 1.28. The first-order chi connectivity index (χ1) is 10.3. The summed E-state index contributed by atoms with van der Waals surface area (Å²) >= 11 is 0. The second-order valence-electron chi connectivity index (χ2n) is 5.64. The Balaban J connectivity index is 2.15. The summed E-state index contributed by atoms with van der Waals surface area (Å²) in [5.41, 5.74) is 6.46. The summed E-state index contributed by atoms with van der Waals surface area (Å²) in [6.45, 7) is 2.13. The van der Waals surface area contributed by atoms with Crippen molar-refractivity contribution in [2.45, 2.75) is 6.92 Å². The highest BCUT2D eigenvalue weighted by atomic mass is 14.9. The fraction of sp³-hybridized carbons (Fsp3) is 0.100. The maximum Gasteiger partial charge on any atom is 0.0495 e. The lowest BCUT2D eigenvalue weighted by molar-refractivity contribution is 1.01. The molecule has 1 heteroatoms. The number of para-hydroxylation sites is 1. The molecule has 1 heterocycles.